The summed E-state index contributed by atoms with van der Waals surface area (Å²) in [4.78, 5) is 12.4. The molecule has 0 saturated heterocycles. The van der Waals surface area contributed by atoms with Crippen molar-refractivity contribution in [3.63, 3.8) is 0 Å². The van der Waals surface area contributed by atoms with Gasteiger partial charge in [0.1, 0.15) is 5.92 Å². The summed E-state index contributed by atoms with van der Waals surface area (Å²) in [5.41, 5.74) is 2.64. The number of hydrogen-bond donors (Lipinski definition) is 0. The van der Waals surface area contributed by atoms with Crippen LogP contribution >= 0.6 is 0 Å². The summed E-state index contributed by atoms with van der Waals surface area (Å²) in [6.07, 6.45) is 1.64. The molecule has 1 aliphatic heterocycles. The van der Waals surface area contributed by atoms with Crippen LogP contribution in [-0.4, -0.2) is 23.0 Å². The van der Waals surface area contributed by atoms with Crippen molar-refractivity contribution in [2.45, 2.75) is 12.8 Å². The minimum Gasteiger partial charge on any atom is -0.270 e. The standard InChI is InChI=1S/C17H15N3O/c1-13-16(15-10-6-3-7-11-15)17(21)20(19-13)18-12-14-8-4-2-5-9-14/h2-12,16H,1H3/b18-12+. The van der Waals surface area contributed by atoms with Crippen LogP contribution in [-0.2, 0) is 4.79 Å². The first-order chi connectivity index (χ1) is 10.3. The summed E-state index contributed by atoms with van der Waals surface area (Å²) in [5.74, 6) is -0.454. The molecule has 0 aliphatic carbocycles. The molecule has 4 heteroatoms. The Balaban J connectivity index is 1.81. The Morgan fingerprint density at radius 3 is 2.33 bits per heavy atom. The van der Waals surface area contributed by atoms with Crippen molar-refractivity contribution in [1.82, 2.24) is 5.12 Å². The van der Waals surface area contributed by atoms with E-state index in [1.807, 2.05) is 67.6 Å². The van der Waals surface area contributed by atoms with Gasteiger partial charge in [-0.25, -0.2) is 0 Å². The predicted octanol–water partition coefficient (Wildman–Crippen LogP) is 3.02. The van der Waals surface area contributed by atoms with E-state index >= 15 is 0 Å². The maximum absolute atomic E-state index is 12.4. The molecule has 0 saturated carbocycles. The van der Waals surface area contributed by atoms with Crippen LogP contribution in [0.5, 0.6) is 0 Å². The van der Waals surface area contributed by atoms with Gasteiger partial charge >= 0.3 is 0 Å². The Kier molecular flexibility index (Phi) is 3.60. The summed E-state index contributed by atoms with van der Waals surface area (Å²) < 4.78 is 0. The molecule has 2 aromatic rings. The summed E-state index contributed by atoms with van der Waals surface area (Å²) in [5, 5.41) is 9.60. The van der Waals surface area contributed by atoms with E-state index in [4.69, 9.17) is 0 Å². The fraction of sp³-hybridized carbons (Fsp3) is 0.118. The van der Waals surface area contributed by atoms with Crippen LogP contribution in [0.1, 0.15) is 24.0 Å². The molecule has 0 aromatic heterocycles. The zero-order valence-electron chi connectivity index (χ0n) is 11.7. The van der Waals surface area contributed by atoms with Crippen molar-refractivity contribution in [2.75, 3.05) is 0 Å². The van der Waals surface area contributed by atoms with Gasteiger partial charge in [-0.3, -0.25) is 4.79 Å². The van der Waals surface area contributed by atoms with Crippen LogP contribution in [0.2, 0.25) is 0 Å². The number of amides is 1. The summed E-state index contributed by atoms with van der Waals surface area (Å²) in [6, 6.07) is 19.3. The third-order valence-electron chi connectivity index (χ3n) is 3.36. The first kappa shape index (κ1) is 13.2. The van der Waals surface area contributed by atoms with Crippen LogP contribution in [0.15, 0.2) is 70.9 Å². The van der Waals surface area contributed by atoms with Gasteiger partial charge in [-0.2, -0.15) is 10.2 Å². The SMILES string of the molecule is CC1=NN(/N=C/c2ccccc2)C(=O)C1c1ccccc1. The summed E-state index contributed by atoms with van der Waals surface area (Å²) in [7, 11) is 0. The first-order valence-electron chi connectivity index (χ1n) is 6.79. The molecule has 0 N–H and O–H groups in total. The van der Waals surface area contributed by atoms with Crippen LogP contribution in [0.25, 0.3) is 0 Å². The van der Waals surface area contributed by atoms with Crippen molar-refractivity contribution in [1.29, 1.82) is 0 Å². The minimum atomic E-state index is -0.334. The maximum atomic E-state index is 12.4. The Hall–Kier alpha value is -2.75. The molecule has 1 amide bonds. The highest BCUT2D eigenvalue weighted by molar-refractivity contribution is 6.11. The number of carbonyl (C=O) groups is 1. The van der Waals surface area contributed by atoms with Crippen LogP contribution in [0, 0.1) is 0 Å². The van der Waals surface area contributed by atoms with E-state index in [0.717, 1.165) is 16.8 Å². The second-order valence-electron chi connectivity index (χ2n) is 4.87. The van der Waals surface area contributed by atoms with Crippen LogP contribution in [0.4, 0.5) is 0 Å². The number of hydrazone groups is 2. The third-order valence-corrected chi connectivity index (χ3v) is 3.36. The van der Waals surface area contributed by atoms with Crippen LogP contribution in [0.3, 0.4) is 0 Å². The molecule has 3 rings (SSSR count). The van der Waals surface area contributed by atoms with Gasteiger partial charge in [-0.1, -0.05) is 60.7 Å². The smallest absolute Gasteiger partial charge is 0.270 e. The zero-order chi connectivity index (χ0) is 14.7. The molecule has 21 heavy (non-hydrogen) atoms. The Bertz CT molecular complexity index is 692. The van der Waals surface area contributed by atoms with Crippen molar-refractivity contribution >= 4 is 17.8 Å². The molecular formula is C17H15N3O. The Labute approximate surface area is 123 Å². The Morgan fingerprint density at radius 1 is 1.05 bits per heavy atom. The lowest BCUT2D eigenvalue weighted by molar-refractivity contribution is -0.129. The summed E-state index contributed by atoms with van der Waals surface area (Å²) >= 11 is 0. The quantitative estimate of drug-likeness (QED) is 0.795. The molecular weight excluding hydrogens is 262 g/mol. The van der Waals surface area contributed by atoms with Gasteiger partial charge in [0.15, 0.2) is 0 Å². The number of rotatable bonds is 3. The molecule has 2 aromatic carbocycles. The molecule has 4 nitrogen and oxygen atoms in total. The predicted molar refractivity (Wildman–Crippen MR) is 83.2 cm³/mol. The molecule has 1 unspecified atom stereocenters. The molecule has 0 spiro atoms. The van der Waals surface area contributed by atoms with Gasteiger partial charge < -0.3 is 0 Å². The first-order valence-corrected chi connectivity index (χ1v) is 6.79. The zero-order valence-corrected chi connectivity index (χ0v) is 11.7. The van der Waals surface area contributed by atoms with Gasteiger partial charge in [-0.15, -0.1) is 5.12 Å². The van der Waals surface area contributed by atoms with E-state index in [-0.39, 0.29) is 11.8 Å². The molecule has 104 valence electrons. The van der Waals surface area contributed by atoms with E-state index in [1.165, 1.54) is 5.12 Å². The molecule has 1 heterocycles. The maximum Gasteiger partial charge on any atom is 0.277 e. The third kappa shape index (κ3) is 2.74. The fourth-order valence-electron chi connectivity index (χ4n) is 2.32. The number of hydrogen-bond acceptors (Lipinski definition) is 3. The minimum absolute atomic E-state index is 0.120. The topological polar surface area (TPSA) is 45.0 Å². The van der Waals surface area contributed by atoms with Crippen molar-refractivity contribution in [3.05, 3.63) is 71.8 Å². The molecule has 0 radical (unpaired) electrons. The number of nitrogens with zero attached hydrogens (tertiary/aromatic N) is 3. The normalized spacial score (nSPS) is 18.3. The Morgan fingerprint density at radius 2 is 1.67 bits per heavy atom. The van der Waals surface area contributed by atoms with Crippen molar-refractivity contribution < 1.29 is 4.79 Å². The second kappa shape index (κ2) is 5.71. The van der Waals surface area contributed by atoms with Gasteiger partial charge in [0.05, 0.1) is 11.9 Å². The molecule has 0 bridgehead atoms. The van der Waals surface area contributed by atoms with Crippen molar-refractivity contribution in [2.24, 2.45) is 10.2 Å². The largest absolute Gasteiger partial charge is 0.277 e. The van der Waals surface area contributed by atoms with E-state index < -0.39 is 0 Å². The highest BCUT2D eigenvalue weighted by Crippen LogP contribution is 2.26. The van der Waals surface area contributed by atoms with Gasteiger partial charge in [-0.05, 0) is 18.1 Å². The lowest BCUT2D eigenvalue weighted by Gasteiger charge is -2.09. The van der Waals surface area contributed by atoms with Crippen molar-refractivity contribution in [3.8, 4) is 0 Å². The van der Waals surface area contributed by atoms with E-state index in [9.17, 15) is 4.79 Å². The lowest BCUT2D eigenvalue weighted by atomic mass is 9.95. The van der Waals surface area contributed by atoms with E-state index in [2.05, 4.69) is 10.2 Å². The highest BCUT2D eigenvalue weighted by Gasteiger charge is 2.34. The monoisotopic (exact) mass is 277 g/mol. The number of benzene rings is 2. The molecule has 1 atom stereocenters. The van der Waals surface area contributed by atoms with Gasteiger partial charge in [0.25, 0.3) is 5.91 Å². The van der Waals surface area contributed by atoms with Gasteiger partial charge in [0, 0.05) is 0 Å². The average molecular weight is 277 g/mol. The lowest BCUT2D eigenvalue weighted by Crippen LogP contribution is -2.22. The van der Waals surface area contributed by atoms with E-state index in [1.54, 1.807) is 6.21 Å². The number of carbonyl (C=O) groups excluding carboxylic acids is 1. The fourth-order valence-corrected chi connectivity index (χ4v) is 2.32. The second-order valence-corrected chi connectivity index (χ2v) is 4.87. The van der Waals surface area contributed by atoms with E-state index in [0.29, 0.717) is 0 Å². The molecule has 0 fully saturated rings. The molecule has 1 aliphatic rings. The average Bonchev–Trinajstić information content (AvgIpc) is 2.81. The summed E-state index contributed by atoms with van der Waals surface area (Å²) in [6.45, 7) is 1.85. The highest BCUT2D eigenvalue weighted by atomic mass is 16.2. The van der Waals surface area contributed by atoms with Gasteiger partial charge in [0.2, 0.25) is 0 Å². The van der Waals surface area contributed by atoms with Crippen LogP contribution < -0.4 is 0 Å².